The second kappa shape index (κ2) is 6.60. The number of alkyl halides is 1. The predicted molar refractivity (Wildman–Crippen MR) is 107 cm³/mol. The number of pyridine rings is 1. The highest BCUT2D eigenvalue weighted by molar-refractivity contribution is 6.07. The molecule has 29 heavy (non-hydrogen) atoms. The van der Waals surface area contributed by atoms with Crippen LogP contribution in [0.2, 0.25) is 0 Å². The standard InChI is InChI=1S/C21H22FN5O2/c1-21(29-2)17-13(7-10-24-19(17)25-20(21)28)18-12-5-3-4-6-15(12)27(26-18)16-8-9-23-11-14(16)22/h3-7,10,14,16,23H,8-9,11H2,1-2H3,(H,24,25,28)/t14-,16+,21-/m0/s1. The van der Waals surface area contributed by atoms with Crippen LogP contribution in [-0.2, 0) is 15.1 Å². The van der Waals surface area contributed by atoms with E-state index in [0.717, 1.165) is 23.0 Å². The number of nitrogens with one attached hydrogen (secondary N) is 2. The number of nitrogens with zero attached hydrogens (tertiary/aromatic N) is 3. The molecule has 0 saturated carbocycles. The van der Waals surface area contributed by atoms with Gasteiger partial charge in [0.2, 0.25) is 0 Å². The van der Waals surface area contributed by atoms with Gasteiger partial charge in [-0.15, -0.1) is 0 Å². The number of carbonyl (C=O) groups excluding carboxylic acids is 1. The van der Waals surface area contributed by atoms with Gasteiger partial charge in [-0.25, -0.2) is 9.37 Å². The van der Waals surface area contributed by atoms with Gasteiger partial charge in [0.1, 0.15) is 17.7 Å². The van der Waals surface area contributed by atoms with Crippen molar-refractivity contribution in [3.8, 4) is 11.3 Å². The lowest BCUT2D eigenvalue weighted by Crippen LogP contribution is -2.39. The van der Waals surface area contributed by atoms with Crippen LogP contribution in [-0.4, -0.2) is 47.0 Å². The summed E-state index contributed by atoms with van der Waals surface area (Å²) in [5, 5.41) is 11.7. The summed E-state index contributed by atoms with van der Waals surface area (Å²) in [6, 6.07) is 9.31. The summed E-state index contributed by atoms with van der Waals surface area (Å²) in [6.07, 6.45) is 1.29. The molecule has 2 aliphatic heterocycles. The first-order valence-electron chi connectivity index (χ1n) is 9.73. The van der Waals surface area contributed by atoms with Crippen molar-refractivity contribution in [2.45, 2.75) is 31.2 Å². The number of halogens is 1. The number of fused-ring (bicyclic) bond motifs is 2. The summed E-state index contributed by atoms with van der Waals surface area (Å²) in [5.74, 6) is 0.210. The smallest absolute Gasteiger partial charge is 0.262 e. The molecule has 2 N–H and O–H groups in total. The van der Waals surface area contributed by atoms with E-state index in [1.165, 1.54) is 7.11 Å². The van der Waals surface area contributed by atoms with E-state index < -0.39 is 11.8 Å². The lowest BCUT2D eigenvalue weighted by atomic mass is 9.92. The molecule has 7 nitrogen and oxygen atoms in total. The average molecular weight is 395 g/mol. The summed E-state index contributed by atoms with van der Waals surface area (Å²) in [7, 11) is 1.50. The van der Waals surface area contributed by atoms with Gasteiger partial charge >= 0.3 is 0 Å². The van der Waals surface area contributed by atoms with Crippen molar-refractivity contribution >= 4 is 22.6 Å². The van der Waals surface area contributed by atoms with Gasteiger partial charge in [0, 0.05) is 36.4 Å². The first kappa shape index (κ1) is 18.2. The molecule has 1 amide bonds. The third-order valence-electron chi connectivity index (χ3n) is 6.06. The Balaban J connectivity index is 1.75. The highest BCUT2D eigenvalue weighted by Gasteiger charge is 2.46. The Bertz CT molecular complexity index is 1110. The molecule has 4 heterocycles. The maximum absolute atomic E-state index is 14.7. The zero-order chi connectivity index (χ0) is 20.2. The Morgan fingerprint density at radius 3 is 2.93 bits per heavy atom. The number of para-hydroxylation sites is 1. The average Bonchev–Trinajstić information content (AvgIpc) is 3.24. The summed E-state index contributed by atoms with van der Waals surface area (Å²) in [5.41, 5.74) is 1.83. The van der Waals surface area contributed by atoms with E-state index in [-0.39, 0.29) is 11.9 Å². The van der Waals surface area contributed by atoms with Crippen LogP contribution in [0.5, 0.6) is 0 Å². The van der Waals surface area contributed by atoms with E-state index >= 15 is 0 Å². The van der Waals surface area contributed by atoms with E-state index in [1.807, 2.05) is 30.3 Å². The normalized spacial score (nSPS) is 26.5. The van der Waals surface area contributed by atoms with Crippen molar-refractivity contribution < 1.29 is 13.9 Å². The largest absolute Gasteiger partial charge is 0.364 e. The fourth-order valence-electron chi connectivity index (χ4n) is 4.40. The number of ether oxygens (including phenoxy) is 1. The van der Waals surface area contributed by atoms with E-state index in [1.54, 1.807) is 17.8 Å². The second-order valence-corrected chi connectivity index (χ2v) is 7.66. The first-order chi connectivity index (χ1) is 14.0. The van der Waals surface area contributed by atoms with Gasteiger partial charge in [-0.05, 0) is 32.0 Å². The fraction of sp³-hybridized carbons (Fsp3) is 0.381. The zero-order valence-electron chi connectivity index (χ0n) is 16.3. The molecule has 0 spiro atoms. The van der Waals surface area contributed by atoms with E-state index in [4.69, 9.17) is 9.84 Å². The number of hydrogen-bond acceptors (Lipinski definition) is 5. The molecule has 1 fully saturated rings. The van der Waals surface area contributed by atoms with Crippen LogP contribution in [0.3, 0.4) is 0 Å². The molecule has 1 aromatic carbocycles. The molecule has 3 atom stereocenters. The third kappa shape index (κ3) is 2.59. The Hall–Kier alpha value is -2.84. The highest BCUT2D eigenvalue weighted by atomic mass is 19.1. The van der Waals surface area contributed by atoms with Gasteiger partial charge in [0.05, 0.1) is 11.6 Å². The highest BCUT2D eigenvalue weighted by Crippen LogP contribution is 2.44. The van der Waals surface area contributed by atoms with Crippen molar-refractivity contribution in [1.82, 2.24) is 20.1 Å². The second-order valence-electron chi connectivity index (χ2n) is 7.66. The summed E-state index contributed by atoms with van der Waals surface area (Å²) >= 11 is 0. The number of anilines is 1. The zero-order valence-corrected chi connectivity index (χ0v) is 16.3. The Labute approximate surface area is 167 Å². The van der Waals surface area contributed by atoms with Gasteiger partial charge < -0.3 is 15.4 Å². The SMILES string of the molecule is CO[C@]1(C)C(=O)Nc2nccc(-c3nn([C@@H]4CCNC[C@@H]4F)c4ccccc34)c21. The molecular formula is C21H22FN5O2. The van der Waals surface area contributed by atoms with Gasteiger partial charge in [-0.3, -0.25) is 9.48 Å². The molecule has 3 aromatic rings. The van der Waals surface area contributed by atoms with Gasteiger partial charge in [0.25, 0.3) is 5.91 Å². The number of amides is 1. The van der Waals surface area contributed by atoms with Crippen LogP contribution >= 0.6 is 0 Å². The number of rotatable bonds is 3. The van der Waals surface area contributed by atoms with Crippen LogP contribution < -0.4 is 10.6 Å². The van der Waals surface area contributed by atoms with Crippen LogP contribution in [0.1, 0.15) is 24.9 Å². The summed E-state index contributed by atoms with van der Waals surface area (Å²) in [6.45, 7) is 2.79. The van der Waals surface area contributed by atoms with Gasteiger partial charge in [-0.1, -0.05) is 18.2 Å². The van der Waals surface area contributed by atoms with Crippen LogP contribution in [0.25, 0.3) is 22.2 Å². The number of aromatic nitrogens is 3. The molecule has 150 valence electrons. The molecule has 1 saturated heterocycles. The predicted octanol–water partition coefficient (Wildman–Crippen LogP) is 2.78. The Morgan fingerprint density at radius 1 is 1.31 bits per heavy atom. The number of methoxy groups -OCH3 is 1. The topological polar surface area (TPSA) is 81.1 Å². The molecule has 8 heteroatoms. The quantitative estimate of drug-likeness (QED) is 0.713. The summed E-state index contributed by atoms with van der Waals surface area (Å²) < 4.78 is 22.1. The minimum Gasteiger partial charge on any atom is -0.364 e. The van der Waals surface area contributed by atoms with Crippen LogP contribution in [0.15, 0.2) is 36.5 Å². The third-order valence-corrected chi connectivity index (χ3v) is 6.06. The van der Waals surface area contributed by atoms with Crippen molar-refractivity contribution in [1.29, 1.82) is 0 Å². The first-order valence-corrected chi connectivity index (χ1v) is 9.73. The van der Waals surface area contributed by atoms with Crippen molar-refractivity contribution in [2.75, 3.05) is 25.5 Å². The van der Waals surface area contributed by atoms with Crippen LogP contribution in [0, 0.1) is 0 Å². The maximum atomic E-state index is 14.7. The molecule has 0 aliphatic carbocycles. The molecule has 0 unspecified atom stereocenters. The fourth-order valence-corrected chi connectivity index (χ4v) is 4.40. The Kier molecular flexibility index (Phi) is 4.15. The minimum absolute atomic E-state index is 0.263. The molecular weight excluding hydrogens is 373 g/mol. The molecule has 2 aliphatic rings. The number of piperidine rings is 1. The molecule has 2 aromatic heterocycles. The number of hydrogen-bond donors (Lipinski definition) is 2. The van der Waals surface area contributed by atoms with Gasteiger partial charge in [0.15, 0.2) is 5.60 Å². The number of benzene rings is 1. The van der Waals surface area contributed by atoms with E-state index in [2.05, 4.69) is 15.6 Å². The van der Waals surface area contributed by atoms with E-state index in [9.17, 15) is 9.18 Å². The Morgan fingerprint density at radius 2 is 2.14 bits per heavy atom. The monoisotopic (exact) mass is 395 g/mol. The van der Waals surface area contributed by atoms with Gasteiger partial charge in [-0.2, -0.15) is 5.10 Å². The van der Waals surface area contributed by atoms with E-state index in [0.29, 0.717) is 30.0 Å². The summed E-state index contributed by atoms with van der Waals surface area (Å²) in [4.78, 5) is 16.9. The van der Waals surface area contributed by atoms with Crippen LogP contribution in [0.4, 0.5) is 10.2 Å². The lowest BCUT2D eigenvalue weighted by molar-refractivity contribution is -0.135. The van der Waals surface area contributed by atoms with Crippen molar-refractivity contribution in [3.63, 3.8) is 0 Å². The molecule has 0 radical (unpaired) electrons. The lowest BCUT2D eigenvalue weighted by Gasteiger charge is -2.27. The molecule has 0 bridgehead atoms. The minimum atomic E-state index is -1.17. The van der Waals surface area contributed by atoms with Crippen molar-refractivity contribution in [2.24, 2.45) is 0 Å². The number of carbonyl (C=O) groups is 1. The molecule has 5 rings (SSSR count). The van der Waals surface area contributed by atoms with Crippen molar-refractivity contribution in [3.05, 3.63) is 42.1 Å². The maximum Gasteiger partial charge on any atom is 0.262 e.